The van der Waals surface area contributed by atoms with Gasteiger partial charge < -0.3 is 15.4 Å². The normalized spacial score (nSPS) is 17.3. The van der Waals surface area contributed by atoms with Crippen molar-refractivity contribution >= 4 is 38.2 Å². The zero-order valence-electron chi connectivity index (χ0n) is 12.7. The summed E-state index contributed by atoms with van der Waals surface area (Å²) in [7, 11) is -5.87. The minimum absolute atomic E-state index is 0.0359. The molecule has 3 N–H and O–H groups in total. The van der Waals surface area contributed by atoms with E-state index in [1.54, 1.807) is 18.2 Å². The van der Waals surface area contributed by atoms with Crippen LogP contribution < -0.4 is 10.6 Å². The van der Waals surface area contributed by atoms with E-state index in [-0.39, 0.29) is 11.8 Å². The van der Waals surface area contributed by atoms with Gasteiger partial charge in [0.2, 0.25) is 0 Å². The van der Waals surface area contributed by atoms with Crippen LogP contribution in [0.5, 0.6) is 0 Å². The van der Waals surface area contributed by atoms with Crippen molar-refractivity contribution in [2.24, 2.45) is 0 Å². The van der Waals surface area contributed by atoms with E-state index in [1.807, 2.05) is 11.4 Å². The maximum atomic E-state index is 13.4. The molecular formula is C15H14F2N2O5S. The highest BCUT2D eigenvalue weighted by atomic mass is 32.2. The molecule has 25 heavy (non-hydrogen) atoms. The third kappa shape index (κ3) is 3.70. The Hall–Kier alpha value is -2.30. The van der Waals surface area contributed by atoms with Crippen LogP contribution in [0, 0.1) is 0 Å². The highest BCUT2D eigenvalue weighted by Gasteiger charge is 2.52. The number of halogens is 2. The number of amides is 1. The van der Waals surface area contributed by atoms with Gasteiger partial charge in [-0.1, -0.05) is 24.3 Å². The topological polar surface area (TPSA) is 108 Å². The van der Waals surface area contributed by atoms with Gasteiger partial charge in [-0.2, -0.15) is 17.2 Å². The van der Waals surface area contributed by atoms with Crippen LogP contribution in [0.4, 0.5) is 20.2 Å². The number of hydrogen-bond donors (Lipinski definition) is 3. The molecular weight excluding hydrogens is 358 g/mol. The summed E-state index contributed by atoms with van der Waals surface area (Å²) in [6.45, 7) is 1.13. The summed E-state index contributed by atoms with van der Waals surface area (Å²) in [5, 5.41) is 1.42. The minimum atomic E-state index is -5.87. The van der Waals surface area contributed by atoms with E-state index < -0.39 is 21.3 Å². The quantitative estimate of drug-likeness (QED) is 0.529. The molecule has 7 nitrogen and oxygen atoms in total. The van der Waals surface area contributed by atoms with Crippen molar-refractivity contribution in [3.8, 4) is 0 Å². The Morgan fingerprint density at radius 3 is 2.64 bits per heavy atom. The van der Waals surface area contributed by atoms with E-state index in [1.165, 1.54) is 12.1 Å². The molecule has 1 aliphatic rings. The Balaban J connectivity index is 1.92. The minimum Gasteiger partial charge on any atom is -0.382 e. The van der Waals surface area contributed by atoms with Crippen LogP contribution >= 0.6 is 0 Å². The number of fused-ring (bicyclic) bond motifs is 1. The lowest BCUT2D eigenvalue weighted by Crippen LogP contribution is -2.41. The first-order valence-electron chi connectivity index (χ1n) is 7.23. The summed E-state index contributed by atoms with van der Waals surface area (Å²) in [5.74, 6) is -2.14. The molecule has 1 heterocycles. The van der Waals surface area contributed by atoms with E-state index in [4.69, 9.17) is 9.29 Å². The van der Waals surface area contributed by atoms with Gasteiger partial charge in [0.05, 0.1) is 12.7 Å². The number of rotatable bonds is 6. The molecule has 0 spiro atoms. The Morgan fingerprint density at radius 1 is 1.32 bits per heavy atom. The van der Waals surface area contributed by atoms with Crippen LogP contribution in [0.3, 0.4) is 0 Å². The van der Waals surface area contributed by atoms with E-state index in [0.717, 1.165) is 5.39 Å². The molecule has 1 unspecified atom stereocenters. The fourth-order valence-corrected chi connectivity index (χ4v) is 2.55. The first-order valence-corrected chi connectivity index (χ1v) is 8.67. The second-order valence-electron chi connectivity index (χ2n) is 5.53. The molecule has 134 valence electrons. The van der Waals surface area contributed by atoms with E-state index >= 15 is 0 Å². The van der Waals surface area contributed by atoms with Gasteiger partial charge in [0, 0.05) is 23.3 Å². The van der Waals surface area contributed by atoms with Gasteiger partial charge in [-0.15, -0.1) is 0 Å². The number of carbonyl (C=O) groups is 1. The number of benzene rings is 2. The number of hydrogen-bond acceptors (Lipinski definition) is 5. The van der Waals surface area contributed by atoms with Gasteiger partial charge in [-0.25, -0.2) is 0 Å². The van der Waals surface area contributed by atoms with Crippen molar-refractivity contribution in [3.63, 3.8) is 0 Å². The monoisotopic (exact) mass is 372 g/mol. The summed E-state index contributed by atoms with van der Waals surface area (Å²) in [5.41, 5.74) is 0.533. The third-order valence-electron chi connectivity index (χ3n) is 3.63. The largest absolute Gasteiger partial charge is 0.446 e. The molecule has 1 fully saturated rings. The summed E-state index contributed by atoms with van der Waals surface area (Å²) in [6, 6.07) is 9.88. The van der Waals surface area contributed by atoms with Crippen molar-refractivity contribution < 1.29 is 31.3 Å². The Morgan fingerprint density at radius 2 is 2.00 bits per heavy atom. The summed E-state index contributed by atoms with van der Waals surface area (Å²) >= 11 is 0. The highest BCUT2D eigenvalue weighted by Crippen LogP contribution is 2.30. The van der Waals surface area contributed by atoms with Gasteiger partial charge in [0.25, 0.3) is 0 Å². The average molecular weight is 372 g/mol. The van der Waals surface area contributed by atoms with Crippen LogP contribution in [0.1, 0.15) is 0 Å². The molecule has 0 aromatic heterocycles. The van der Waals surface area contributed by atoms with Gasteiger partial charge in [-0.3, -0.25) is 9.35 Å². The fraction of sp³-hybridized carbons (Fsp3) is 0.267. The average Bonchev–Trinajstić information content (AvgIpc) is 3.35. The number of epoxide rings is 1. The Kier molecular flexibility index (Phi) is 4.35. The fourth-order valence-electron chi connectivity index (χ4n) is 2.26. The zero-order chi connectivity index (χ0) is 18.2. The first-order chi connectivity index (χ1) is 11.7. The van der Waals surface area contributed by atoms with E-state index in [9.17, 15) is 22.0 Å². The molecule has 3 rings (SSSR count). The predicted octanol–water partition coefficient (Wildman–Crippen LogP) is 2.07. The third-order valence-corrected chi connectivity index (χ3v) is 4.46. The van der Waals surface area contributed by atoms with Crippen LogP contribution in [0.15, 0.2) is 36.4 Å². The van der Waals surface area contributed by atoms with Crippen LogP contribution in [-0.4, -0.2) is 43.4 Å². The molecule has 2 aromatic carbocycles. The van der Waals surface area contributed by atoms with Crippen molar-refractivity contribution in [1.29, 1.82) is 0 Å². The smallest absolute Gasteiger partial charge is 0.382 e. The van der Waals surface area contributed by atoms with Crippen molar-refractivity contribution in [2.75, 3.05) is 23.8 Å². The SMILES string of the molecule is O=C(Nc1cc(NCC2CO2)c2ccccc2c1)C(F)(F)S(=O)(=O)O. The standard InChI is InChI=1S/C15H14F2N2O5S/c16-15(17,25(21,22)23)14(20)19-10-5-9-3-1-2-4-12(9)13(6-10)18-7-11-8-24-11/h1-6,11,18H,7-8H2,(H,19,20)(H,21,22,23). The lowest BCUT2D eigenvalue weighted by atomic mass is 10.1. The summed E-state index contributed by atoms with van der Waals surface area (Å²) in [6.07, 6.45) is 0.0703. The molecule has 1 atom stereocenters. The zero-order valence-corrected chi connectivity index (χ0v) is 13.5. The number of alkyl halides is 2. The Labute approximate surface area is 141 Å². The number of ether oxygens (including phenoxy) is 1. The molecule has 1 aliphatic heterocycles. The van der Waals surface area contributed by atoms with E-state index in [0.29, 0.717) is 24.2 Å². The van der Waals surface area contributed by atoms with Crippen LogP contribution in [-0.2, 0) is 19.6 Å². The molecule has 0 bridgehead atoms. The molecule has 0 aliphatic carbocycles. The second kappa shape index (κ2) is 6.21. The second-order valence-corrected chi connectivity index (χ2v) is 6.99. The molecule has 0 saturated carbocycles. The molecule has 1 saturated heterocycles. The molecule has 1 amide bonds. The van der Waals surface area contributed by atoms with Gasteiger partial charge in [0.15, 0.2) is 0 Å². The van der Waals surface area contributed by atoms with Crippen LogP contribution in [0.2, 0.25) is 0 Å². The van der Waals surface area contributed by atoms with Crippen LogP contribution in [0.25, 0.3) is 10.8 Å². The number of anilines is 2. The lowest BCUT2D eigenvalue weighted by molar-refractivity contribution is -0.130. The van der Waals surface area contributed by atoms with Gasteiger partial charge >= 0.3 is 21.3 Å². The molecule has 2 aromatic rings. The lowest BCUT2D eigenvalue weighted by Gasteiger charge is -2.15. The summed E-state index contributed by atoms with van der Waals surface area (Å²) < 4.78 is 61.7. The molecule has 0 radical (unpaired) electrons. The maximum Gasteiger partial charge on any atom is 0.446 e. The van der Waals surface area contributed by atoms with E-state index in [2.05, 4.69) is 5.32 Å². The van der Waals surface area contributed by atoms with Gasteiger partial charge in [-0.05, 0) is 17.5 Å². The van der Waals surface area contributed by atoms with Crippen molar-refractivity contribution in [3.05, 3.63) is 36.4 Å². The molecule has 10 heteroatoms. The maximum absolute atomic E-state index is 13.4. The number of nitrogens with one attached hydrogen (secondary N) is 2. The first kappa shape index (κ1) is 17.5. The Bertz CT molecular complexity index is 929. The predicted molar refractivity (Wildman–Crippen MR) is 87.3 cm³/mol. The number of carbonyl (C=O) groups excluding carboxylic acids is 1. The summed E-state index contributed by atoms with van der Waals surface area (Å²) in [4.78, 5) is 11.6. The van der Waals surface area contributed by atoms with Gasteiger partial charge in [0.1, 0.15) is 0 Å². The van der Waals surface area contributed by atoms with Crippen molar-refractivity contribution in [1.82, 2.24) is 0 Å². The van der Waals surface area contributed by atoms with Crippen molar-refractivity contribution in [2.45, 2.75) is 11.4 Å². The highest BCUT2D eigenvalue weighted by molar-refractivity contribution is 7.87.